The molecule has 0 aliphatic heterocycles. The van der Waals surface area contributed by atoms with E-state index in [1.807, 2.05) is 55.5 Å². The van der Waals surface area contributed by atoms with E-state index in [0.29, 0.717) is 5.56 Å². The highest BCUT2D eigenvalue weighted by atomic mass is 79.9. The van der Waals surface area contributed by atoms with Crippen molar-refractivity contribution in [1.29, 1.82) is 0 Å². The van der Waals surface area contributed by atoms with Crippen LogP contribution < -0.4 is 0 Å². The molecule has 0 N–H and O–H groups in total. The van der Waals surface area contributed by atoms with Crippen LogP contribution in [0.2, 0.25) is 0 Å². The highest BCUT2D eigenvalue weighted by Gasteiger charge is 2.11. The van der Waals surface area contributed by atoms with Gasteiger partial charge in [-0.15, -0.1) is 0 Å². The third-order valence-corrected chi connectivity index (χ3v) is 4.98. The van der Waals surface area contributed by atoms with Crippen LogP contribution in [0.5, 0.6) is 0 Å². The summed E-state index contributed by atoms with van der Waals surface area (Å²) in [4.78, 5) is 12.4. The fourth-order valence-corrected chi connectivity index (χ4v) is 3.40. The van der Waals surface area contributed by atoms with Crippen LogP contribution in [0.15, 0.2) is 65.1 Å². The molecule has 0 bridgehead atoms. The van der Waals surface area contributed by atoms with Crippen LogP contribution in [0.1, 0.15) is 32.9 Å². The van der Waals surface area contributed by atoms with Crippen LogP contribution in [0.4, 0.5) is 0 Å². The number of allylic oxidation sites excluding steroid dienone is 1. The zero-order chi connectivity index (χ0) is 18.0. The molecule has 25 heavy (non-hydrogen) atoms. The lowest BCUT2D eigenvalue weighted by molar-refractivity contribution is 0.104. The first kappa shape index (κ1) is 17.4. The van der Waals surface area contributed by atoms with E-state index in [4.69, 9.17) is 0 Å². The summed E-state index contributed by atoms with van der Waals surface area (Å²) in [5.41, 5.74) is 6.25. The predicted octanol–water partition coefficient (Wildman–Crippen LogP) is 6.06. The minimum Gasteiger partial charge on any atom is -0.317 e. The van der Waals surface area contributed by atoms with Crippen LogP contribution in [-0.4, -0.2) is 10.4 Å². The number of ketones is 1. The van der Waals surface area contributed by atoms with Gasteiger partial charge >= 0.3 is 0 Å². The summed E-state index contributed by atoms with van der Waals surface area (Å²) in [5, 5.41) is 0. The van der Waals surface area contributed by atoms with Crippen LogP contribution in [0, 0.1) is 20.8 Å². The summed E-state index contributed by atoms with van der Waals surface area (Å²) in [6, 6.07) is 17.9. The highest BCUT2D eigenvalue weighted by molar-refractivity contribution is 9.10. The van der Waals surface area contributed by atoms with Crippen molar-refractivity contribution in [2.24, 2.45) is 0 Å². The Labute approximate surface area is 156 Å². The number of benzene rings is 2. The number of halogens is 1. The minimum absolute atomic E-state index is 0.0192. The van der Waals surface area contributed by atoms with E-state index in [9.17, 15) is 4.79 Å². The van der Waals surface area contributed by atoms with Gasteiger partial charge in [0, 0.05) is 21.4 Å². The Balaban J connectivity index is 1.92. The molecule has 3 aromatic rings. The normalized spacial score (nSPS) is 11.2. The van der Waals surface area contributed by atoms with Crippen LogP contribution in [-0.2, 0) is 0 Å². The van der Waals surface area contributed by atoms with Crippen LogP contribution >= 0.6 is 15.9 Å². The van der Waals surface area contributed by atoms with Crippen molar-refractivity contribution in [3.05, 3.63) is 93.2 Å². The average Bonchev–Trinajstić information content (AvgIpc) is 2.88. The molecule has 126 valence electrons. The monoisotopic (exact) mass is 393 g/mol. The van der Waals surface area contributed by atoms with Gasteiger partial charge in [0.25, 0.3) is 0 Å². The molecule has 0 amide bonds. The summed E-state index contributed by atoms with van der Waals surface area (Å²) in [7, 11) is 0. The molecule has 1 aromatic heterocycles. The number of rotatable bonds is 4. The number of nitrogens with zero attached hydrogens (tertiary/aromatic N) is 1. The zero-order valence-corrected chi connectivity index (χ0v) is 16.2. The van der Waals surface area contributed by atoms with E-state index >= 15 is 0 Å². The first-order valence-corrected chi connectivity index (χ1v) is 8.99. The first-order valence-electron chi connectivity index (χ1n) is 8.20. The lowest BCUT2D eigenvalue weighted by Gasteiger charge is -2.11. The Morgan fingerprint density at radius 2 is 1.68 bits per heavy atom. The zero-order valence-electron chi connectivity index (χ0n) is 14.6. The first-order chi connectivity index (χ1) is 12.0. The Bertz CT molecular complexity index is 949. The van der Waals surface area contributed by atoms with Gasteiger partial charge in [-0.05, 0) is 72.6 Å². The summed E-state index contributed by atoms with van der Waals surface area (Å²) >= 11 is 3.62. The van der Waals surface area contributed by atoms with Crippen LogP contribution in [0.25, 0.3) is 11.8 Å². The summed E-state index contributed by atoms with van der Waals surface area (Å²) in [5.74, 6) is 0.0192. The molecule has 0 radical (unpaired) electrons. The van der Waals surface area contributed by atoms with Gasteiger partial charge in [0.15, 0.2) is 5.78 Å². The Hall–Kier alpha value is -2.39. The molecular weight excluding hydrogens is 374 g/mol. The molecule has 3 heteroatoms. The standard InChI is InChI=1S/C22H20BrNO/c1-15-8-10-18(11-9-15)22(25)13-12-19-14-16(2)24(17(19)3)21-7-5-4-6-20(21)23/h4-14H,1-3H3/b13-12+. The topological polar surface area (TPSA) is 22.0 Å². The van der Waals surface area contributed by atoms with E-state index in [1.54, 1.807) is 6.08 Å². The molecule has 0 fully saturated rings. The molecule has 0 aliphatic carbocycles. The second-order valence-corrected chi connectivity index (χ2v) is 7.03. The molecule has 0 aliphatic rings. The molecule has 0 saturated carbocycles. The van der Waals surface area contributed by atoms with Gasteiger partial charge in [0.05, 0.1) is 5.69 Å². The lowest BCUT2D eigenvalue weighted by atomic mass is 10.1. The molecule has 3 rings (SSSR count). The fourth-order valence-electron chi connectivity index (χ4n) is 2.94. The second-order valence-electron chi connectivity index (χ2n) is 6.18. The van der Waals surface area contributed by atoms with Crippen molar-refractivity contribution >= 4 is 27.8 Å². The molecule has 2 nitrogen and oxygen atoms in total. The third-order valence-electron chi connectivity index (χ3n) is 4.31. The number of aryl methyl sites for hydroxylation is 2. The SMILES string of the molecule is Cc1ccc(C(=O)/C=C/c2cc(C)n(-c3ccccc3Br)c2C)cc1. The summed E-state index contributed by atoms with van der Waals surface area (Å²) in [6.07, 6.45) is 3.55. The Morgan fingerprint density at radius 3 is 2.36 bits per heavy atom. The molecule has 0 unspecified atom stereocenters. The largest absolute Gasteiger partial charge is 0.317 e. The number of para-hydroxylation sites is 1. The van der Waals surface area contributed by atoms with Gasteiger partial charge in [0.1, 0.15) is 0 Å². The molecule has 1 heterocycles. The molecule has 0 atom stereocenters. The van der Waals surface area contributed by atoms with Crippen molar-refractivity contribution < 1.29 is 4.79 Å². The molecule has 0 spiro atoms. The minimum atomic E-state index is 0.0192. The van der Waals surface area contributed by atoms with Gasteiger partial charge in [-0.1, -0.05) is 42.0 Å². The van der Waals surface area contributed by atoms with E-state index < -0.39 is 0 Å². The van der Waals surface area contributed by atoms with Crippen molar-refractivity contribution in [3.8, 4) is 5.69 Å². The maximum absolute atomic E-state index is 12.4. The molecular formula is C22H20BrNO. The van der Waals surface area contributed by atoms with Gasteiger partial charge in [-0.2, -0.15) is 0 Å². The Morgan fingerprint density at radius 1 is 1.00 bits per heavy atom. The Kier molecular flexibility index (Phi) is 5.05. The third kappa shape index (κ3) is 3.67. The summed E-state index contributed by atoms with van der Waals surface area (Å²) in [6.45, 7) is 6.16. The van der Waals surface area contributed by atoms with Crippen molar-refractivity contribution in [2.45, 2.75) is 20.8 Å². The average molecular weight is 394 g/mol. The van der Waals surface area contributed by atoms with E-state index in [2.05, 4.69) is 46.5 Å². The van der Waals surface area contributed by atoms with Gasteiger partial charge in [0.2, 0.25) is 0 Å². The highest BCUT2D eigenvalue weighted by Crippen LogP contribution is 2.27. The van der Waals surface area contributed by atoms with Crippen molar-refractivity contribution in [1.82, 2.24) is 4.57 Å². The number of aromatic nitrogens is 1. The second kappa shape index (κ2) is 7.24. The predicted molar refractivity (Wildman–Crippen MR) is 107 cm³/mol. The fraction of sp³-hybridized carbons (Fsp3) is 0.136. The quantitative estimate of drug-likeness (QED) is 0.389. The van der Waals surface area contributed by atoms with E-state index in [0.717, 1.165) is 32.7 Å². The maximum Gasteiger partial charge on any atom is 0.185 e. The van der Waals surface area contributed by atoms with Gasteiger partial charge in [-0.3, -0.25) is 4.79 Å². The number of hydrogen-bond donors (Lipinski definition) is 0. The van der Waals surface area contributed by atoms with Crippen LogP contribution in [0.3, 0.4) is 0 Å². The maximum atomic E-state index is 12.4. The van der Waals surface area contributed by atoms with E-state index in [-0.39, 0.29) is 5.78 Å². The smallest absolute Gasteiger partial charge is 0.185 e. The number of carbonyl (C=O) groups excluding carboxylic acids is 1. The number of carbonyl (C=O) groups is 1. The summed E-state index contributed by atoms with van der Waals surface area (Å²) < 4.78 is 3.24. The van der Waals surface area contributed by atoms with Crippen molar-refractivity contribution in [2.75, 3.05) is 0 Å². The van der Waals surface area contributed by atoms with Gasteiger partial charge < -0.3 is 4.57 Å². The van der Waals surface area contributed by atoms with Gasteiger partial charge in [-0.25, -0.2) is 0 Å². The van der Waals surface area contributed by atoms with E-state index in [1.165, 1.54) is 0 Å². The molecule has 2 aromatic carbocycles. The number of hydrogen-bond acceptors (Lipinski definition) is 1. The van der Waals surface area contributed by atoms with Crippen molar-refractivity contribution in [3.63, 3.8) is 0 Å². The molecule has 0 saturated heterocycles. The lowest BCUT2D eigenvalue weighted by Crippen LogP contribution is -2.00.